The number of hydrogen-bond acceptors (Lipinski definition) is 12. The summed E-state index contributed by atoms with van der Waals surface area (Å²) < 4.78 is 28.0. The van der Waals surface area contributed by atoms with Gasteiger partial charge in [-0.15, -0.1) is 0 Å². The van der Waals surface area contributed by atoms with Crippen LogP contribution in [0.4, 0.5) is 10.5 Å². The van der Waals surface area contributed by atoms with E-state index in [1.54, 1.807) is 63.2 Å². The lowest BCUT2D eigenvalue weighted by atomic mass is 9.95. The van der Waals surface area contributed by atoms with E-state index in [4.69, 9.17) is 35.3 Å². The Hall–Kier alpha value is -5.54. The van der Waals surface area contributed by atoms with Gasteiger partial charge in [0.15, 0.2) is 29.2 Å². The number of methoxy groups -OCH3 is 1. The lowest BCUT2D eigenvalue weighted by Gasteiger charge is -2.28. The first-order valence-electron chi connectivity index (χ1n) is 15.1. The smallest absolute Gasteiger partial charge is 0.337 e. The first kappa shape index (κ1) is 36.3. The van der Waals surface area contributed by atoms with Crippen LogP contribution in [0.5, 0.6) is 23.0 Å². The molecule has 0 spiro atoms. The van der Waals surface area contributed by atoms with Gasteiger partial charge in [-0.25, -0.2) is 9.59 Å². The molecule has 1 aliphatic rings. The Bertz CT molecular complexity index is 1750. The summed E-state index contributed by atoms with van der Waals surface area (Å²) in [6.07, 6.45) is 0.189. The minimum Gasteiger partial charge on any atom is -0.490 e. The number of allylic oxidation sites excluding steroid dienone is 1. The van der Waals surface area contributed by atoms with Crippen LogP contribution in [0.1, 0.15) is 43.5 Å². The van der Waals surface area contributed by atoms with E-state index < -0.39 is 29.2 Å². The predicted molar refractivity (Wildman–Crippen MR) is 179 cm³/mol. The Kier molecular flexibility index (Phi) is 12.6. The Balaban J connectivity index is 1.40. The summed E-state index contributed by atoms with van der Waals surface area (Å²) in [5.74, 6) is 0.647. The highest BCUT2D eigenvalue weighted by molar-refractivity contribution is 6.32. The molecule has 2 atom stereocenters. The summed E-state index contributed by atoms with van der Waals surface area (Å²) in [6.45, 7) is 5.61. The number of nitro benzene ring substituents is 1. The molecule has 4 rings (SSSR count). The molecule has 0 fully saturated rings. The van der Waals surface area contributed by atoms with Crippen molar-refractivity contribution >= 4 is 35.5 Å². The molecule has 0 bridgehead atoms. The number of hydrazone groups is 1. The van der Waals surface area contributed by atoms with Gasteiger partial charge in [-0.05, 0) is 61.7 Å². The van der Waals surface area contributed by atoms with E-state index in [9.17, 15) is 24.8 Å². The second-order valence-corrected chi connectivity index (χ2v) is 10.8. The zero-order chi connectivity index (χ0) is 35.5. The molecule has 0 radical (unpaired) electrons. The molecule has 0 aromatic heterocycles. The number of carbonyl (C=O) groups excluding carboxylic acids is 2. The second-order valence-electron chi connectivity index (χ2n) is 10.4. The number of non-ortho nitro benzene ring substituents is 1. The van der Waals surface area contributed by atoms with Crippen molar-refractivity contribution < 1.29 is 43.3 Å². The topological polar surface area (TPSA) is 192 Å². The van der Waals surface area contributed by atoms with Crippen molar-refractivity contribution in [2.45, 2.75) is 39.6 Å². The molecule has 2 amide bonds. The molecular weight excluding hydrogens is 662 g/mol. The third-order valence-electron chi connectivity index (χ3n) is 6.95. The van der Waals surface area contributed by atoms with Gasteiger partial charge in [0.05, 0.1) is 48.1 Å². The van der Waals surface area contributed by atoms with Gasteiger partial charge in [0.1, 0.15) is 13.2 Å². The summed E-state index contributed by atoms with van der Waals surface area (Å²) in [5.41, 5.74) is 4.80. The number of aliphatic hydroxyl groups is 1. The second kappa shape index (κ2) is 17.0. The number of aliphatic hydroxyl groups excluding tert-OH is 1. The lowest BCUT2D eigenvalue weighted by Crippen LogP contribution is -2.45. The molecular formula is C33H36ClN5O10. The Labute approximate surface area is 286 Å². The molecule has 0 aliphatic carbocycles. The van der Waals surface area contributed by atoms with Crippen LogP contribution in [0.25, 0.3) is 0 Å². The van der Waals surface area contributed by atoms with Crippen molar-refractivity contribution in [3.63, 3.8) is 0 Å². The number of amides is 2. The standard InChI is InChI=1S/C33H36ClN5O10/c1-5-46-26-15-22(30-29(32(41)45-4)19(3)36-33(42)37-30)10-11-25(26)48-18-28(40)38-35-16-21-13-24(34)31(27(14-21)47-6-2)49-17-20-8-7-9-23(12-20)39(43)44/h7-16,28,30,38,40H,5-6,17-18H2,1-4H3,(H2,36,37,42)/b35-16-/t28-,30-/m1/s1. The number of carbonyl (C=O) groups is 2. The van der Waals surface area contributed by atoms with Gasteiger partial charge in [-0.3, -0.25) is 15.5 Å². The molecule has 3 aromatic carbocycles. The van der Waals surface area contributed by atoms with Crippen molar-refractivity contribution in [3.05, 3.63) is 97.7 Å². The van der Waals surface area contributed by atoms with Gasteiger partial charge in [0, 0.05) is 17.8 Å². The Morgan fingerprint density at radius 2 is 1.84 bits per heavy atom. The van der Waals surface area contributed by atoms with E-state index >= 15 is 0 Å². The van der Waals surface area contributed by atoms with E-state index in [0.717, 1.165) is 0 Å². The Morgan fingerprint density at radius 3 is 2.55 bits per heavy atom. The third kappa shape index (κ3) is 9.52. The number of urea groups is 1. The highest BCUT2D eigenvalue weighted by Crippen LogP contribution is 2.37. The van der Waals surface area contributed by atoms with Gasteiger partial charge in [-0.2, -0.15) is 5.10 Å². The maximum Gasteiger partial charge on any atom is 0.337 e. The van der Waals surface area contributed by atoms with E-state index in [2.05, 4.69) is 21.2 Å². The summed E-state index contributed by atoms with van der Waals surface area (Å²) in [5, 5.41) is 31.2. The molecule has 49 heavy (non-hydrogen) atoms. The van der Waals surface area contributed by atoms with Crippen molar-refractivity contribution in [1.29, 1.82) is 0 Å². The number of ether oxygens (including phenoxy) is 5. The van der Waals surface area contributed by atoms with Crippen LogP contribution in [0.3, 0.4) is 0 Å². The van der Waals surface area contributed by atoms with E-state index in [0.29, 0.717) is 52.8 Å². The fourth-order valence-corrected chi connectivity index (χ4v) is 5.07. The average molecular weight is 698 g/mol. The molecule has 0 unspecified atom stereocenters. The number of hydrogen-bond donors (Lipinski definition) is 4. The average Bonchev–Trinajstić information content (AvgIpc) is 3.07. The maximum absolute atomic E-state index is 12.5. The van der Waals surface area contributed by atoms with Crippen LogP contribution in [0.15, 0.2) is 71.0 Å². The van der Waals surface area contributed by atoms with Gasteiger partial charge < -0.3 is 39.4 Å². The molecule has 1 aliphatic heterocycles. The molecule has 16 heteroatoms. The van der Waals surface area contributed by atoms with Crippen LogP contribution in [-0.4, -0.2) is 61.4 Å². The van der Waals surface area contributed by atoms with Crippen LogP contribution in [0.2, 0.25) is 5.02 Å². The molecule has 0 saturated heterocycles. The fraction of sp³-hybridized carbons (Fsp3) is 0.303. The molecule has 15 nitrogen and oxygen atoms in total. The van der Waals surface area contributed by atoms with Gasteiger partial charge in [-0.1, -0.05) is 29.8 Å². The molecule has 260 valence electrons. The largest absolute Gasteiger partial charge is 0.490 e. The van der Waals surface area contributed by atoms with Crippen molar-refractivity contribution in [1.82, 2.24) is 16.1 Å². The summed E-state index contributed by atoms with van der Waals surface area (Å²) in [4.78, 5) is 35.3. The van der Waals surface area contributed by atoms with Crippen molar-refractivity contribution in [2.24, 2.45) is 5.10 Å². The van der Waals surface area contributed by atoms with E-state index in [-0.39, 0.29) is 35.2 Å². The SMILES string of the molecule is CCOc1cc([C@H]2NC(=O)NC(C)=C2C(=O)OC)ccc1OC[C@@H](O)N/N=C\c1cc(Cl)c(OCc2cccc([N+](=O)[O-])c2)c(OCC)c1. The number of nitrogens with one attached hydrogen (secondary N) is 3. The van der Waals surface area contributed by atoms with Gasteiger partial charge in [0.25, 0.3) is 5.69 Å². The molecule has 0 saturated carbocycles. The number of benzene rings is 3. The first-order chi connectivity index (χ1) is 23.5. The monoisotopic (exact) mass is 697 g/mol. The molecule has 1 heterocycles. The zero-order valence-electron chi connectivity index (χ0n) is 27.2. The highest BCUT2D eigenvalue weighted by atomic mass is 35.5. The number of nitrogens with zero attached hydrogens (tertiary/aromatic N) is 2. The number of halogens is 1. The van der Waals surface area contributed by atoms with Gasteiger partial charge in [0.2, 0.25) is 0 Å². The van der Waals surface area contributed by atoms with E-state index in [1.807, 2.05) is 0 Å². The van der Waals surface area contributed by atoms with Crippen molar-refractivity contribution in [3.8, 4) is 23.0 Å². The van der Waals surface area contributed by atoms with Crippen LogP contribution in [-0.2, 0) is 16.1 Å². The first-order valence-corrected chi connectivity index (χ1v) is 15.5. The predicted octanol–water partition coefficient (Wildman–Crippen LogP) is 4.75. The number of rotatable bonds is 16. The number of esters is 1. The normalized spacial score (nSPS) is 14.8. The summed E-state index contributed by atoms with van der Waals surface area (Å²) >= 11 is 6.50. The third-order valence-corrected chi connectivity index (χ3v) is 7.23. The van der Waals surface area contributed by atoms with Crippen LogP contribution < -0.4 is 35.0 Å². The zero-order valence-corrected chi connectivity index (χ0v) is 27.9. The van der Waals surface area contributed by atoms with E-state index in [1.165, 1.54) is 25.5 Å². The minimum absolute atomic E-state index is 0.0241. The summed E-state index contributed by atoms with van der Waals surface area (Å²) in [7, 11) is 1.26. The number of nitro groups is 1. The van der Waals surface area contributed by atoms with Gasteiger partial charge >= 0.3 is 12.0 Å². The lowest BCUT2D eigenvalue weighted by molar-refractivity contribution is -0.384. The van der Waals surface area contributed by atoms with Crippen LogP contribution in [0, 0.1) is 10.1 Å². The quantitative estimate of drug-likeness (QED) is 0.0531. The van der Waals surface area contributed by atoms with Crippen molar-refractivity contribution in [2.75, 3.05) is 26.9 Å². The fourth-order valence-electron chi connectivity index (χ4n) is 4.80. The van der Waals surface area contributed by atoms with Crippen LogP contribution >= 0.6 is 11.6 Å². The highest BCUT2D eigenvalue weighted by Gasteiger charge is 2.32. The Morgan fingerprint density at radius 1 is 1.08 bits per heavy atom. The molecule has 4 N–H and O–H groups in total. The molecule has 3 aromatic rings. The maximum atomic E-state index is 12.5. The minimum atomic E-state index is -1.23. The summed E-state index contributed by atoms with van der Waals surface area (Å²) in [6, 6.07) is 13.0.